The zero-order chi connectivity index (χ0) is 12.5. The molecule has 7 nitrogen and oxygen atoms in total. The predicted octanol–water partition coefficient (Wildman–Crippen LogP) is 2.13. The van der Waals surface area contributed by atoms with Crippen molar-refractivity contribution < 1.29 is 9.53 Å². The molecular formula is C10H13N5O2. The fourth-order valence-corrected chi connectivity index (χ4v) is 1.14. The summed E-state index contributed by atoms with van der Waals surface area (Å²) in [6.45, 7) is 0.516. The van der Waals surface area contributed by atoms with Crippen LogP contribution in [0.5, 0.6) is 5.75 Å². The molecule has 0 saturated carbocycles. The number of methoxy groups -OCH3 is 1. The van der Waals surface area contributed by atoms with Gasteiger partial charge in [-0.2, -0.15) is 0 Å². The van der Waals surface area contributed by atoms with Gasteiger partial charge in [0, 0.05) is 29.8 Å². The van der Waals surface area contributed by atoms with Gasteiger partial charge in [-0.15, -0.1) is 0 Å². The van der Waals surface area contributed by atoms with Gasteiger partial charge in [-0.1, -0.05) is 11.2 Å². The lowest BCUT2D eigenvalue weighted by atomic mass is 10.3. The van der Waals surface area contributed by atoms with Crippen molar-refractivity contribution in [1.29, 1.82) is 0 Å². The van der Waals surface area contributed by atoms with Crippen molar-refractivity contribution in [1.82, 2.24) is 5.32 Å². The summed E-state index contributed by atoms with van der Waals surface area (Å²) in [4.78, 5) is 14.0. The van der Waals surface area contributed by atoms with Crippen molar-refractivity contribution in [3.05, 3.63) is 34.7 Å². The lowest BCUT2D eigenvalue weighted by Crippen LogP contribution is -2.30. The number of azide groups is 1. The highest BCUT2D eigenvalue weighted by molar-refractivity contribution is 5.89. The number of hydrogen-bond donors (Lipinski definition) is 2. The number of nitrogens with one attached hydrogen (secondary N) is 2. The minimum atomic E-state index is -0.355. The molecule has 1 aromatic carbocycles. The largest absolute Gasteiger partial charge is 0.497 e. The van der Waals surface area contributed by atoms with E-state index < -0.39 is 0 Å². The van der Waals surface area contributed by atoms with Gasteiger partial charge in [-0.25, -0.2) is 4.79 Å². The van der Waals surface area contributed by atoms with E-state index in [2.05, 4.69) is 20.7 Å². The number of benzene rings is 1. The number of hydrogen-bond acceptors (Lipinski definition) is 3. The van der Waals surface area contributed by atoms with Crippen LogP contribution >= 0.6 is 0 Å². The van der Waals surface area contributed by atoms with Crippen molar-refractivity contribution in [2.45, 2.75) is 0 Å². The first-order valence-corrected chi connectivity index (χ1v) is 4.96. The average molecular weight is 235 g/mol. The molecule has 17 heavy (non-hydrogen) atoms. The molecule has 0 fully saturated rings. The number of amides is 2. The monoisotopic (exact) mass is 235 g/mol. The van der Waals surface area contributed by atoms with E-state index in [0.717, 1.165) is 0 Å². The molecule has 2 N–H and O–H groups in total. The van der Waals surface area contributed by atoms with Gasteiger partial charge < -0.3 is 15.4 Å². The van der Waals surface area contributed by atoms with Crippen LogP contribution in [0.4, 0.5) is 10.5 Å². The normalized spacial score (nSPS) is 9.00. The molecule has 1 aromatic rings. The van der Waals surface area contributed by atoms with Gasteiger partial charge in [0.2, 0.25) is 0 Å². The number of carbonyl (C=O) groups excluding carboxylic acids is 1. The Labute approximate surface area is 98.4 Å². The molecule has 0 spiro atoms. The topological polar surface area (TPSA) is 99.1 Å². The van der Waals surface area contributed by atoms with E-state index in [9.17, 15) is 4.79 Å². The minimum absolute atomic E-state index is 0.224. The van der Waals surface area contributed by atoms with Crippen LogP contribution in [-0.2, 0) is 0 Å². The summed E-state index contributed by atoms with van der Waals surface area (Å²) in [6.07, 6.45) is 0. The molecule has 0 radical (unpaired) electrons. The summed E-state index contributed by atoms with van der Waals surface area (Å²) < 4.78 is 5.02. The highest BCUT2D eigenvalue weighted by Crippen LogP contribution is 2.16. The molecule has 0 atom stereocenters. The van der Waals surface area contributed by atoms with E-state index in [-0.39, 0.29) is 12.6 Å². The van der Waals surface area contributed by atoms with Crippen LogP contribution < -0.4 is 15.4 Å². The molecule has 0 aromatic heterocycles. The van der Waals surface area contributed by atoms with Crippen LogP contribution in [0.15, 0.2) is 29.4 Å². The lowest BCUT2D eigenvalue weighted by molar-refractivity contribution is 0.252. The molecule has 0 bridgehead atoms. The molecule has 0 saturated heterocycles. The Balaban J connectivity index is 2.41. The second-order valence-electron chi connectivity index (χ2n) is 3.07. The van der Waals surface area contributed by atoms with Crippen LogP contribution in [0, 0.1) is 0 Å². The van der Waals surface area contributed by atoms with E-state index >= 15 is 0 Å². The molecule has 0 unspecified atom stereocenters. The fraction of sp³-hybridized carbons (Fsp3) is 0.300. The Kier molecular flexibility index (Phi) is 5.19. The number of carbonyl (C=O) groups is 1. The maximum atomic E-state index is 11.4. The van der Waals surface area contributed by atoms with Crippen LogP contribution in [0.1, 0.15) is 0 Å². The Morgan fingerprint density at radius 3 is 3.12 bits per heavy atom. The van der Waals surface area contributed by atoms with Gasteiger partial charge in [0.25, 0.3) is 0 Å². The van der Waals surface area contributed by atoms with Gasteiger partial charge in [0.15, 0.2) is 0 Å². The van der Waals surface area contributed by atoms with E-state index in [1.54, 1.807) is 31.4 Å². The first-order chi connectivity index (χ1) is 8.26. The van der Waals surface area contributed by atoms with Crippen molar-refractivity contribution >= 4 is 11.7 Å². The van der Waals surface area contributed by atoms with Gasteiger partial charge >= 0.3 is 6.03 Å². The smallest absolute Gasteiger partial charge is 0.319 e. The third kappa shape index (κ3) is 4.76. The van der Waals surface area contributed by atoms with E-state index in [4.69, 9.17) is 10.3 Å². The summed E-state index contributed by atoms with van der Waals surface area (Å²) in [5.74, 6) is 0.664. The van der Waals surface area contributed by atoms with E-state index in [0.29, 0.717) is 18.0 Å². The molecule has 90 valence electrons. The predicted molar refractivity (Wildman–Crippen MR) is 64.0 cm³/mol. The SMILES string of the molecule is COc1cccc(NC(=O)NCCN=[N+]=[N-])c1. The van der Waals surface area contributed by atoms with Gasteiger partial charge in [-0.3, -0.25) is 0 Å². The number of urea groups is 1. The summed E-state index contributed by atoms with van der Waals surface area (Å²) in [7, 11) is 1.55. The van der Waals surface area contributed by atoms with Gasteiger partial charge in [0.05, 0.1) is 7.11 Å². The number of nitrogens with zero attached hydrogens (tertiary/aromatic N) is 3. The summed E-state index contributed by atoms with van der Waals surface area (Å²) >= 11 is 0. The van der Waals surface area contributed by atoms with Gasteiger partial charge in [-0.05, 0) is 17.7 Å². The number of ether oxygens (including phenoxy) is 1. The Morgan fingerprint density at radius 2 is 2.41 bits per heavy atom. The quantitative estimate of drug-likeness (QED) is 0.353. The number of anilines is 1. The summed E-state index contributed by atoms with van der Waals surface area (Å²) in [6, 6.07) is 6.65. The third-order valence-corrected chi connectivity index (χ3v) is 1.89. The van der Waals surface area contributed by atoms with Gasteiger partial charge in [0.1, 0.15) is 5.75 Å². The van der Waals surface area contributed by atoms with Crippen LogP contribution in [0.2, 0.25) is 0 Å². The molecule has 0 heterocycles. The van der Waals surface area contributed by atoms with Crippen LogP contribution in [0.3, 0.4) is 0 Å². The second kappa shape index (κ2) is 6.97. The zero-order valence-corrected chi connectivity index (χ0v) is 9.38. The number of rotatable bonds is 5. The minimum Gasteiger partial charge on any atom is -0.497 e. The highest BCUT2D eigenvalue weighted by atomic mass is 16.5. The standard InChI is InChI=1S/C10H13N5O2/c1-17-9-4-2-3-8(7-9)14-10(16)12-5-6-13-15-11/h2-4,7H,5-6H2,1H3,(H2,12,14,16). The van der Waals surface area contributed by atoms with Crippen molar-refractivity contribution in [2.75, 3.05) is 25.5 Å². The van der Waals surface area contributed by atoms with Crippen LogP contribution in [-0.4, -0.2) is 26.2 Å². The first kappa shape index (κ1) is 12.7. The van der Waals surface area contributed by atoms with Crippen LogP contribution in [0.25, 0.3) is 10.4 Å². The van der Waals surface area contributed by atoms with Crippen molar-refractivity contribution in [2.24, 2.45) is 5.11 Å². The van der Waals surface area contributed by atoms with E-state index in [1.165, 1.54) is 0 Å². The summed E-state index contributed by atoms with van der Waals surface area (Å²) in [5, 5.41) is 8.47. The Hall–Kier alpha value is -2.40. The van der Waals surface area contributed by atoms with Crippen molar-refractivity contribution in [3.63, 3.8) is 0 Å². The molecule has 7 heteroatoms. The van der Waals surface area contributed by atoms with E-state index in [1.807, 2.05) is 0 Å². The first-order valence-electron chi connectivity index (χ1n) is 4.96. The molecule has 0 aliphatic heterocycles. The average Bonchev–Trinajstić information content (AvgIpc) is 2.35. The maximum Gasteiger partial charge on any atom is 0.319 e. The second-order valence-corrected chi connectivity index (χ2v) is 3.07. The maximum absolute atomic E-state index is 11.4. The summed E-state index contributed by atoms with van der Waals surface area (Å²) in [5.41, 5.74) is 8.67. The lowest BCUT2D eigenvalue weighted by Gasteiger charge is -2.07. The molecule has 0 aliphatic carbocycles. The van der Waals surface area contributed by atoms with Crippen molar-refractivity contribution in [3.8, 4) is 5.75 Å². The fourth-order valence-electron chi connectivity index (χ4n) is 1.14. The Morgan fingerprint density at radius 1 is 1.59 bits per heavy atom. The highest BCUT2D eigenvalue weighted by Gasteiger charge is 2.01. The third-order valence-electron chi connectivity index (χ3n) is 1.89. The Bertz CT molecular complexity index is 428. The molecule has 0 aliphatic rings. The zero-order valence-electron chi connectivity index (χ0n) is 9.38. The molecule has 2 amide bonds. The molecule has 1 rings (SSSR count). The molecular weight excluding hydrogens is 222 g/mol.